The van der Waals surface area contributed by atoms with Crippen molar-refractivity contribution in [1.82, 2.24) is 20.3 Å². The Hall–Kier alpha value is -4.19. The van der Waals surface area contributed by atoms with E-state index in [2.05, 4.69) is 20.3 Å². The molecule has 2 N–H and O–H groups in total. The Morgan fingerprint density at radius 2 is 1.61 bits per heavy atom. The minimum absolute atomic E-state index is 0.164. The highest BCUT2D eigenvalue weighted by atomic mass is 16.5. The third-order valence-corrected chi connectivity index (χ3v) is 5.01. The van der Waals surface area contributed by atoms with Crippen LogP contribution in [0.15, 0.2) is 84.9 Å². The normalized spacial score (nSPS) is 11.0. The number of imidazole rings is 1. The molecule has 0 aliphatic heterocycles. The molecule has 0 saturated carbocycles. The summed E-state index contributed by atoms with van der Waals surface area (Å²) in [5.41, 5.74) is 4.20. The van der Waals surface area contributed by atoms with E-state index in [1.165, 1.54) is 0 Å². The molecule has 2 aromatic heterocycles. The van der Waals surface area contributed by atoms with Crippen LogP contribution in [0.1, 0.15) is 21.9 Å². The van der Waals surface area contributed by atoms with Crippen LogP contribution in [0, 0.1) is 0 Å². The largest absolute Gasteiger partial charge is 0.487 e. The summed E-state index contributed by atoms with van der Waals surface area (Å²) in [6, 6.07) is 26.8. The fourth-order valence-corrected chi connectivity index (χ4v) is 3.40. The first-order valence-electron chi connectivity index (χ1n) is 10.0. The lowest BCUT2D eigenvalue weighted by atomic mass is 10.2. The molecule has 0 spiro atoms. The Morgan fingerprint density at radius 3 is 2.45 bits per heavy atom. The molecule has 3 aromatic carbocycles. The van der Waals surface area contributed by atoms with Crippen LogP contribution >= 0.6 is 0 Å². The van der Waals surface area contributed by atoms with E-state index in [1.54, 1.807) is 24.3 Å². The summed E-state index contributed by atoms with van der Waals surface area (Å²) in [6.45, 7) is 0.696. The molecular weight excluding hydrogens is 388 g/mol. The van der Waals surface area contributed by atoms with Crippen molar-refractivity contribution in [3.05, 3.63) is 102 Å². The SMILES string of the molecule is O=C(NCc1nc2ccccc2[nH]1)c1ccc(OCc2ccc3ccccc3n2)cc1. The fourth-order valence-electron chi connectivity index (χ4n) is 3.40. The van der Waals surface area contributed by atoms with Crippen molar-refractivity contribution >= 4 is 27.8 Å². The lowest BCUT2D eigenvalue weighted by Gasteiger charge is -2.08. The van der Waals surface area contributed by atoms with Gasteiger partial charge in [-0.05, 0) is 48.5 Å². The van der Waals surface area contributed by atoms with Crippen LogP contribution in [0.5, 0.6) is 5.75 Å². The summed E-state index contributed by atoms with van der Waals surface area (Å²) < 4.78 is 5.83. The molecule has 31 heavy (non-hydrogen) atoms. The summed E-state index contributed by atoms with van der Waals surface area (Å²) in [5, 5.41) is 3.99. The van der Waals surface area contributed by atoms with Crippen LogP contribution in [-0.4, -0.2) is 20.9 Å². The van der Waals surface area contributed by atoms with E-state index in [1.807, 2.05) is 60.7 Å². The molecule has 1 amide bonds. The highest BCUT2D eigenvalue weighted by Gasteiger charge is 2.08. The van der Waals surface area contributed by atoms with Crippen molar-refractivity contribution in [3.8, 4) is 5.75 Å². The van der Waals surface area contributed by atoms with Gasteiger partial charge in [0.15, 0.2) is 0 Å². The molecular formula is C25H20N4O2. The van der Waals surface area contributed by atoms with Crippen molar-refractivity contribution in [2.45, 2.75) is 13.2 Å². The zero-order valence-corrected chi connectivity index (χ0v) is 16.7. The Morgan fingerprint density at radius 1 is 0.839 bits per heavy atom. The number of nitrogens with zero attached hydrogens (tertiary/aromatic N) is 2. The summed E-state index contributed by atoms with van der Waals surface area (Å²) in [4.78, 5) is 24.7. The van der Waals surface area contributed by atoms with E-state index in [0.29, 0.717) is 24.5 Å². The van der Waals surface area contributed by atoms with Crippen LogP contribution in [0.2, 0.25) is 0 Å². The molecule has 152 valence electrons. The van der Waals surface area contributed by atoms with Gasteiger partial charge in [0.05, 0.1) is 28.8 Å². The van der Waals surface area contributed by atoms with E-state index >= 15 is 0 Å². The summed E-state index contributed by atoms with van der Waals surface area (Å²) in [6.07, 6.45) is 0. The van der Waals surface area contributed by atoms with Crippen molar-refractivity contribution in [2.24, 2.45) is 0 Å². The van der Waals surface area contributed by atoms with Gasteiger partial charge in [-0.3, -0.25) is 4.79 Å². The number of H-pyrrole nitrogens is 1. The van der Waals surface area contributed by atoms with Crippen LogP contribution in [0.4, 0.5) is 0 Å². The molecule has 0 unspecified atom stereocenters. The Kier molecular flexibility index (Phi) is 5.02. The predicted molar refractivity (Wildman–Crippen MR) is 120 cm³/mol. The van der Waals surface area contributed by atoms with E-state index in [0.717, 1.165) is 33.5 Å². The molecule has 2 heterocycles. The third kappa shape index (κ3) is 4.23. The number of carbonyl (C=O) groups is 1. The monoisotopic (exact) mass is 408 g/mol. The average Bonchev–Trinajstić information content (AvgIpc) is 3.24. The van der Waals surface area contributed by atoms with Crippen LogP contribution in [0.25, 0.3) is 21.9 Å². The first-order chi connectivity index (χ1) is 15.2. The van der Waals surface area contributed by atoms with Gasteiger partial charge in [-0.25, -0.2) is 9.97 Å². The van der Waals surface area contributed by atoms with E-state index < -0.39 is 0 Å². The van der Waals surface area contributed by atoms with Gasteiger partial charge in [-0.2, -0.15) is 0 Å². The number of hydrogen-bond acceptors (Lipinski definition) is 4. The van der Waals surface area contributed by atoms with Gasteiger partial charge in [0.25, 0.3) is 5.91 Å². The number of aromatic amines is 1. The molecule has 0 aliphatic rings. The number of nitrogens with one attached hydrogen (secondary N) is 2. The topological polar surface area (TPSA) is 79.9 Å². The number of ether oxygens (including phenoxy) is 1. The lowest BCUT2D eigenvalue weighted by Crippen LogP contribution is -2.23. The summed E-state index contributed by atoms with van der Waals surface area (Å²) >= 11 is 0. The maximum atomic E-state index is 12.4. The number of carbonyl (C=O) groups excluding carboxylic acids is 1. The van der Waals surface area contributed by atoms with E-state index in [9.17, 15) is 4.79 Å². The van der Waals surface area contributed by atoms with Gasteiger partial charge >= 0.3 is 0 Å². The van der Waals surface area contributed by atoms with Gasteiger partial charge in [-0.15, -0.1) is 0 Å². The minimum atomic E-state index is -0.164. The predicted octanol–water partition coefficient (Wildman–Crippen LogP) is 4.62. The molecule has 0 bridgehead atoms. The quantitative estimate of drug-likeness (QED) is 0.430. The van der Waals surface area contributed by atoms with Crippen LogP contribution < -0.4 is 10.1 Å². The summed E-state index contributed by atoms with van der Waals surface area (Å²) in [5.74, 6) is 1.24. The standard InChI is InChI=1S/C25H20N4O2/c30-25(26-15-24-28-22-7-3-4-8-23(22)29-24)18-10-13-20(14-11-18)31-16-19-12-9-17-5-1-2-6-21(17)27-19/h1-14H,15-16H2,(H,26,30)(H,28,29). The van der Waals surface area contributed by atoms with Gasteiger partial charge < -0.3 is 15.0 Å². The fraction of sp³-hybridized carbons (Fsp3) is 0.0800. The first-order valence-corrected chi connectivity index (χ1v) is 10.0. The molecule has 5 rings (SSSR count). The maximum Gasteiger partial charge on any atom is 0.251 e. The van der Waals surface area contributed by atoms with E-state index in [4.69, 9.17) is 4.74 Å². The van der Waals surface area contributed by atoms with Crippen molar-refractivity contribution in [2.75, 3.05) is 0 Å². The minimum Gasteiger partial charge on any atom is -0.487 e. The molecule has 0 fully saturated rings. The number of hydrogen-bond donors (Lipinski definition) is 2. The summed E-state index contributed by atoms with van der Waals surface area (Å²) in [7, 11) is 0. The number of amides is 1. The second-order valence-corrected chi connectivity index (χ2v) is 7.19. The first kappa shape index (κ1) is 18.8. The number of fused-ring (bicyclic) bond motifs is 2. The third-order valence-electron chi connectivity index (χ3n) is 5.01. The Bertz CT molecular complexity index is 1330. The van der Waals surface area contributed by atoms with Gasteiger partial charge in [0.2, 0.25) is 0 Å². The van der Waals surface area contributed by atoms with Gasteiger partial charge in [0, 0.05) is 10.9 Å². The van der Waals surface area contributed by atoms with Crippen molar-refractivity contribution in [1.29, 1.82) is 0 Å². The zero-order chi connectivity index (χ0) is 21.0. The van der Waals surface area contributed by atoms with E-state index in [-0.39, 0.29) is 5.91 Å². The maximum absolute atomic E-state index is 12.4. The second kappa shape index (κ2) is 8.28. The lowest BCUT2D eigenvalue weighted by molar-refractivity contribution is 0.0950. The van der Waals surface area contributed by atoms with Crippen LogP contribution in [-0.2, 0) is 13.2 Å². The second-order valence-electron chi connectivity index (χ2n) is 7.19. The number of pyridine rings is 1. The van der Waals surface area contributed by atoms with Gasteiger partial charge in [0.1, 0.15) is 18.2 Å². The van der Waals surface area contributed by atoms with Crippen molar-refractivity contribution in [3.63, 3.8) is 0 Å². The van der Waals surface area contributed by atoms with Crippen molar-refractivity contribution < 1.29 is 9.53 Å². The number of aromatic nitrogens is 3. The Labute approximate surface area is 178 Å². The number of benzene rings is 3. The van der Waals surface area contributed by atoms with Gasteiger partial charge in [-0.1, -0.05) is 36.4 Å². The molecule has 0 saturated heterocycles. The Balaban J connectivity index is 1.18. The molecule has 6 nitrogen and oxygen atoms in total. The smallest absolute Gasteiger partial charge is 0.251 e. The highest BCUT2D eigenvalue weighted by molar-refractivity contribution is 5.94. The van der Waals surface area contributed by atoms with Crippen LogP contribution in [0.3, 0.4) is 0 Å². The highest BCUT2D eigenvalue weighted by Crippen LogP contribution is 2.16. The molecule has 5 aromatic rings. The molecule has 0 aliphatic carbocycles. The number of rotatable bonds is 6. The molecule has 0 radical (unpaired) electrons. The zero-order valence-electron chi connectivity index (χ0n) is 16.7. The average molecular weight is 408 g/mol. The molecule has 0 atom stereocenters. The number of para-hydroxylation sites is 3. The molecule has 6 heteroatoms.